The molecule has 0 aliphatic carbocycles. The molecule has 1 aromatic heterocycles. The maximum absolute atomic E-state index is 11.8. The molecule has 0 saturated carbocycles. The minimum Gasteiger partial charge on any atom is -0.481 e. The van der Waals surface area contributed by atoms with E-state index in [2.05, 4.69) is 15.0 Å². The summed E-state index contributed by atoms with van der Waals surface area (Å²) in [6.07, 6.45) is 2.15. The number of rotatable bonds is 5. The summed E-state index contributed by atoms with van der Waals surface area (Å²) in [5.41, 5.74) is 9.24. The lowest BCUT2D eigenvalue weighted by Gasteiger charge is -2.16. The van der Waals surface area contributed by atoms with Crippen LogP contribution < -0.4 is 4.74 Å². The van der Waals surface area contributed by atoms with Crippen molar-refractivity contribution in [2.75, 3.05) is 20.2 Å². The lowest BCUT2D eigenvalue weighted by molar-refractivity contribution is -0.128. The van der Waals surface area contributed by atoms with Gasteiger partial charge in [0.05, 0.1) is 7.11 Å². The van der Waals surface area contributed by atoms with Crippen molar-refractivity contribution >= 4 is 5.91 Å². The fraction of sp³-hybridized carbons (Fsp3) is 0.500. The first-order chi connectivity index (χ1) is 9.22. The minimum absolute atomic E-state index is 0.0916. The standard InChI is InChI=1S/C12H15N5O2/c1-19-11-3-2-9(5-14-11)7-17-8-10(4-12(17)18)6-15-16-13/h2-3,5,10H,4,6-8H2,1H3. The quantitative estimate of drug-likeness (QED) is 0.459. The number of carbonyl (C=O) groups excluding carboxylic acids is 1. The molecule has 1 aromatic rings. The van der Waals surface area contributed by atoms with Crippen LogP contribution in [0.2, 0.25) is 0 Å². The van der Waals surface area contributed by atoms with Gasteiger partial charge < -0.3 is 9.64 Å². The highest BCUT2D eigenvalue weighted by Crippen LogP contribution is 2.20. The number of azide groups is 1. The Labute approximate surface area is 110 Å². The first-order valence-corrected chi connectivity index (χ1v) is 6.00. The molecule has 2 heterocycles. The number of carbonyl (C=O) groups is 1. The molecule has 0 N–H and O–H groups in total. The number of aromatic nitrogens is 1. The summed E-state index contributed by atoms with van der Waals surface area (Å²) in [5, 5.41) is 3.53. The van der Waals surface area contributed by atoms with Crippen LogP contribution in [-0.2, 0) is 11.3 Å². The molecule has 1 aliphatic heterocycles. The zero-order chi connectivity index (χ0) is 13.7. The highest BCUT2D eigenvalue weighted by molar-refractivity contribution is 5.78. The molecule has 2 rings (SSSR count). The average Bonchev–Trinajstić information content (AvgIpc) is 2.78. The van der Waals surface area contributed by atoms with Gasteiger partial charge in [-0.1, -0.05) is 11.2 Å². The van der Waals surface area contributed by atoms with E-state index in [-0.39, 0.29) is 11.8 Å². The molecule has 1 amide bonds. The van der Waals surface area contributed by atoms with Gasteiger partial charge in [-0.3, -0.25) is 4.79 Å². The van der Waals surface area contributed by atoms with Gasteiger partial charge in [0.1, 0.15) is 0 Å². The molecule has 0 bridgehead atoms. The second-order valence-corrected chi connectivity index (χ2v) is 4.47. The van der Waals surface area contributed by atoms with E-state index in [1.54, 1.807) is 24.3 Å². The van der Waals surface area contributed by atoms with Crippen LogP contribution in [0, 0.1) is 5.92 Å². The van der Waals surface area contributed by atoms with Crippen LogP contribution in [0.1, 0.15) is 12.0 Å². The van der Waals surface area contributed by atoms with E-state index in [0.717, 1.165) is 5.56 Å². The molecule has 7 nitrogen and oxygen atoms in total. The molecule has 1 unspecified atom stereocenters. The van der Waals surface area contributed by atoms with Crippen molar-refractivity contribution in [2.24, 2.45) is 11.0 Å². The van der Waals surface area contributed by atoms with Crippen LogP contribution in [0.3, 0.4) is 0 Å². The van der Waals surface area contributed by atoms with Gasteiger partial charge >= 0.3 is 0 Å². The maximum atomic E-state index is 11.8. The normalized spacial score (nSPS) is 18.3. The number of nitrogens with zero attached hydrogens (tertiary/aromatic N) is 5. The zero-order valence-electron chi connectivity index (χ0n) is 10.7. The predicted octanol–water partition coefficient (Wildman–Crippen LogP) is 1.75. The Morgan fingerprint density at radius 1 is 1.63 bits per heavy atom. The van der Waals surface area contributed by atoms with E-state index in [1.807, 2.05) is 6.07 Å². The number of amides is 1. The third-order valence-electron chi connectivity index (χ3n) is 3.08. The molecule has 1 saturated heterocycles. The molecule has 1 aliphatic rings. The molecule has 0 aromatic carbocycles. The SMILES string of the molecule is COc1ccc(CN2CC(CN=[N+]=[N-])CC2=O)cn1. The zero-order valence-corrected chi connectivity index (χ0v) is 10.7. The van der Waals surface area contributed by atoms with Crippen LogP contribution in [0.25, 0.3) is 10.4 Å². The second-order valence-electron chi connectivity index (χ2n) is 4.47. The number of pyridine rings is 1. The highest BCUT2D eigenvalue weighted by atomic mass is 16.5. The van der Waals surface area contributed by atoms with Crippen molar-refractivity contribution < 1.29 is 9.53 Å². The first-order valence-electron chi connectivity index (χ1n) is 6.00. The third-order valence-corrected chi connectivity index (χ3v) is 3.08. The number of likely N-dealkylation sites (tertiary alicyclic amines) is 1. The van der Waals surface area contributed by atoms with Gasteiger partial charge in [-0.2, -0.15) is 0 Å². The molecule has 1 fully saturated rings. The lowest BCUT2D eigenvalue weighted by Crippen LogP contribution is -2.24. The number of hydrogen-bond donors (Lipinski definition) is 0. The van der Waals surface area contributed by atoms with E-state index in [9.17, 15) is 4.79 Å². The molecule has 1 atom stereocenters. The maximum Gasteiger partial charge on any atom is 0.223 e. The van der Waals surface area contributed by atoms with Crippen molar-refractivity contribution in [3.05, 3.63) is 34.3 Å². The van der Waals surface area contributed by atoms with Crippen LogP contribution >= 0.6 is 0 Å². The summed E-state index contributed by atoms with van der Waals surface area (Å²) >= 11 is 0. The van der Waals surface area contributed by atoms with E-state index in [0.29, 0.717) is 31.9 Å². The van der Waals surface area contributed by atoms with E-state index < -0.39 is 0 Å². The Balaban J connectivity index is 1.95. The Hall–Kier alpha value is -2.27. The van der Waals surface area contributed by atoms with Gasteiger partial charge in [-0.15, -0.1) is 0 Å². The van der Waals surface area contributed by atoms with Crippen LogP contribution in [0.5, 0.6) is 5.88 Å². The Morgan fingerprint density at radius 3 is 3.11 bits per heavy atom. The lowest BCUT2D eigenvalue weighted by atomic mass is 10.1. The summed E-state index contributed by atoms with van der Waals surface area (Å²) < 4.78 is 4.98. The Bertz CT molecular complexity index is 495. The summed E-state index contributed by atoms with van der Waals surface area (Å²) in [7, 11) is 1.56. The number of ether oxygens (including phenoxy) is 1. The largest absolute Gasteiger partial charge is 0.481 e. The average molecular weight is 261 g/mol. The fourth-order valence-corrected chi connectivity index (χ4v) is 2.13. The summed E-state index contributed by atoms with van der Waals surface area (Å²) in [6, 6.07) is 3.66. The van der Waals surface area contributed by atoms with Crippen LogP contribution in [-0.4, -0.2) is 36.0 Å². The van der Waals surface area contributed by atoms with Crippen LogP contribution in [0.15, 0.2) is 23.4 Å². The first kappa shape index (κ1) is 13.2. The smallest absolute Gasteiger partial charge is 0.223 e. The highest BCUT2D eigenvalue weighted by Gasteiger charge is 2.28. The van der Waals surface area contributed by atoms with Gasteiger partial charge in [0.2, 0.25) is 11.8 Å². The fourth-order valence-electron chi connectivity index (χ4n) is 2.13. The summed E-state index contributed by atoms with van der Waals surface area (Å²) in [6.45, 7) is 1.53. The molecule has 7 heteroatoms. The minimum atomic E-state index is 0.0916. The molecular formula is C12H15N5O2. The van der Waals surface area contributed by atoms with Gasteiger partial charge in [0.25, 0.3) is 0 Å². The molecular weight excluding hydrogens is 246 g/mol. The predicted molar refractivity (Wildman–Crippen MR) is 68.3 cm³/mol. The molecule has 0 spiro atoms. The summed E-state index contributed by atoms with van der Waals surface area (Å²) in [5.74, 6) is 0.765. The van der Waals surface area contributed by atoms with Gasteiger partial charge in [0, 0.05) is 43.2 Å². The second kappa shape index (κ2) is 6.06. The van der Waals surface area contributed by atoms with Crippen LogP contribution in [0.4, 0.5) is 0 Å². The molecule has 0 radical (unpaired) electrons. The van der Waals surface area contributed by atoms with Crippen molar-refractivity contribution in [2.45, 2.75) is 13.0 Å². The Morgan fingerprint density at radius 2 is 2.47 bits per heavy atom. The van der Waals surface area contributed by atoms with E-state index in [4.69, 9.17) is 10.3 Å². The third kappa shape index (κ3) is 3.35. The topological polar surface area (TPSA) is 91.2 Å². The van der Waals surface area contributed by atoms with Crippen molar-refractivity contribution in [3.8, 4) is 5.88 Å². The van der Waals surface area contributed by atoms with Crippen molar-refractivity contribution in [1.82, 2.24) is 9.88 Å². The molecule has 19 heavy (non-hydrogen) atoms. The van der Waals surface area contributed by atoms with Crippen molar-refractivity contribution in [3.63, 3.8) is 0 Å². The van der Waals surface area contributed by atoms with E-state index >= 15 is 0 Å². The monoisotopic (exact) mass is 261 g/mol. The summed E-state index contributed by atoms with van der Waals surface area (Å²) in [4.78, 5) is 20.4. The Kier molecular flexibility index (Phi) is 4.20. The van der Waals surface area contributed by atoms with Gasteiger partial charge in [-0.05, 0) is 17.0 Å². The van der Waals surface area contributed by atoms with Crippen molar-refractivity contribution in [1.29, 1.82) is 0 Å². The number of hydrogen-bond acceptors (Lipinski definition) is 4. The van der Waals surface area contributed by atoms with E-state index in [1.165, 1.54) is 0 Å². The molecule has 100 valence electrons. The number of methoxy groups -OCH3 is 1. The van der Waals surface area contributed by atoms with Gasteiger partial charge in [-0.25, -0.2) is 4.98 Å². The van der Waals surface area contributed by atoms with Gasteiger partial charge in [0.15, 0.2) is 0 Å².